The minimum absolute atomic E-state index is 0.0284. The van der Waals surface area contributed by atoms with Crippen LogP contribution in [-0.4, -0.2) is 57.3 Å². The lowest BCUT2D eigenvalue weighted by molar-refractivity contribution is -0.145. The first-order valence-corrected chi connectivity index (χ1v) is 9.64. The molecule has 31 heavy (non-hydrogen) atoms. The second-order valence-corrected chi connectivity index (χ2v) is 7.18. The largest absolute Gasteiger partial charge is 0.478 e. The first kappa shape index (κ1) is 21.8. The quantitative estimate of drug-likeness (QED) is 0.480. The molecule has 3 rings (SSSR count). The number of esters is 1. The van der Waals surface area contributed by atoms with Gasteiger partial charge in [-0.05, 0) is 49.0 Å². The normalized spacial score (nSPS) is 14.9. The van der Waals surface area contributed by atoms with Gasteiger partial charge in [0.2, 0.25) is 0 Å². The van der Waals surface area contributed by atoms with E-state index < -0.39 is 35.6 Å². The van der Waals surface area contributed by atoms with E-state index >= 15 is 0 Å². The maximum absolute atomic E-state index is 12.4. The molecule has 1 saturated heterocycles. The smallest absolute Gasteiger partial charge is 0.335 e. The van der Waals surface area contributed by atoms with Crippen LogP contribution in [0.3, 0.4) is 0 Å². The number of hydrogen-bond acceptors (Lipinski definition) is 8. The van der Waals surface area contributed by atoms with Crippen molar-refractivity contribution in [3.63, 3.8) is 0 Å². The number of furan rings is 1. The number of nitrogens with zero attached hydrogens (tertiary/aromatic N) is 1. The van der Waals surface area contributed by atoms with Gasteiger partial charge in [-0.1, -0.05) is 0 Å². The van der Waals surface area contributed by atoms with Crippen LogP contribution >= 0.6 is 11.8 Å². The summed E-state index contributed by atoms with van der Waals surface area (Å²) in [6, 6.07) is 6.48. The van der Waals surface area contributed by atoms with Gasteiger partial charge in [-0.3, -0.25) is 19.3 Å². The highest BCUT2D eigenvalue weighted by atomic mass is 32.2. The number of carbonyl (C=O) groups is 5. The predicted octanol–water partition coefficient (Wildman–Crippen LogP) is 2.94. The summed E-state index contributed by atoms with van der Waals surface area (Å²) in [5.41, 5.74) is -0.242. The molecule has 1 fully saturated rings. The Balaban J connectivity index is 1.86. The number of thioether (sulfide) groups is 1. The third kappa shape index (κ3) is 4.83. The van der Waals surface area contributed by atoms with E-state index in [-0.39, 0.29) is 39.7 Å². The van der Waals surface area contributed by atoms with Gasteiger partial charge in [-0.2, -0.15) is 0 Å². The third-order valence-electron chi connectivity index (χ3n) is 4.08. The first-order valence-electron chi connectivity index (χ1n) is 8.82. The fourth-order valence-corrected chi connectivity index (χ4v) is 3.52. The molecule has 0 atom stereocenters. The van der Waals surface area contributed by atoms with Crippen molar-refractivity contribution < 1.29 is 43.3 Å². The molecule has 2 aromatic rings. The summed E-state index contributed by atoms with van der Waals surface area (Å²) in [7, 11) is 0. The molecular formula is C20H15NO9S. The van der Waals surface area contributed by atoms with Crippen molar-refractivity contribution in [2.75, 3.05) is 13.2 Å². The van der Waals surface area contributed by atoms with Crippen LogP contribution in [0.4, 0.5) is 4.79 Å². The van der Waals surface area contributed by atoms with E-state index in [1.54, 1.807) is 6.92 Å². The number of carboxylic acids is 2. The van der Waals surface area contributed by atoms with Crippen LogP contribution < -0.4 is 0 Å². The van der Waals surface area contributed by atoms with E-state index in [0.29, 0.717) is 11.8 Å². The highest BCUT2D eigenvalue weighted by molar-refractivity contribution is 8.18. The molecule has 10 nitrogen and oxygen atoms in total. The minimum Gasteiger partial charge on any atom is -0.478 e. The molecule has 0 unspecified atom stereocenters. The molecule has 1 aromatic carbocycles. The second kappa shape index (κ2) is 8.88. The summed E-state index contributed by atoms with van der Waals surface area (Å²) in [6.07, 6.45) is 1.30. The summed E-state index contributed by atoms with van der Waals surface area (Å²) in [6.45, 7) is 1.22. The fourth-order valence-electron chi connectivity index (χ4n) is 2.70. The van der Waals surface area contributed by atoms with Crippen molar-refractivity contribution in [2.24, 2.45) is 0 Å². The Kier molecular flexibility index (Phi) is 6.25. The molecule has 0 spiro atoms. The lowest BCUT2D eigenvalue weighted by Crippen LogP contribution is -2.34. The predicted molar refractivity (Wildman–Crippen MR) is 107 cm³/mol. The van der Waals surface area contributed by atoms with E-state index in [9.17, 15) is 34.2 Å². The summed E-state index contributed by atoms with van der Waals surface area (Å²) in [5, 5.41) is 17.8. The summed E-state index contributed by atoms with van der Waals surface area (Å²) >= 11 is 0.630. The number of aromatic carboxylic acids is 2. The number of carboxylic acid groups (broad SMARTS) is 2. The molecule has 1 aliphatic heterocycles. The Hall–Kier alpha value is -3.86. The molecule has 2 heterocycles. The van der Waals surface area contributed by atoms with E-state index in [4.69, 9.17) is 9.15 Å². The highest BCUT2D eigenvalue weighted by Gasteiger charge is 2.36. The summed E-state index contributed by atoms with van der Waals surface area (Å²) in [4.78, 5) is 59.3. The molecule has 11 heteroatoms. The topological polar surface area (TPSA) is 151 Å². The molecule has 0 radical (unpaired) electrons. The van der Waals surface area contributed by atoms with Crippen LogP contribution in [0.1, 0.15) is 33.4 Å². The van der Waals surface area contributed by atoms with Crippen LogP contribution in [0.25, 0.3) is 17.4 Å². The zero-order chi connectivity index (χ0) is 22.7. The van der Waals surface area contributed by atoms with E-state index in [1.807, 2.05) is 0 Å². The van der Waals surface area contributed by atoms with Gasteiger partial charge >= 0.3 is 17.9 Å². The van der Waals surface area contributed by atoms with Crippen LogP contribution in [-0.2, 0) is 14.3 Å². The third-order valence-corrected chi connectivity index (χ3v) is 4.99. The Labute approximate surface area is 179 Å². The van der Waals surface area contributed by atoms with Gasteiger partial charge in [0.1, 0.15) is 18.1 Å². The maximum Gasteiger partial charge on any atom is 0.335 e. The van der Waals surface area contributed by atoms with Crippen LogP contribution in [0.5, 0.6) is 0 Å². The lowest BCUT2D eigenvalue weighted by atomic mass is 10.0. The van der Waals surface area contributed by atoms with Gasteiger partial charge in [0.25, 0.3) is 11.1 Å². The SMILES string of the molecule is CCOC(=O)CN1C(=O)SC(=Cc2ccc(-c3cc(C(=O)O)cc(C(=O)O)c3)o2)C1=O. The molecule has 1 aliphatic rings. The number of imide groups is 1. The Bertz CT molecular complexity index is 1100. The Morgan fingerprint density at radius 1 is 1.10 bits per heavy atom. The van der Waals surface area contributed by atoms with E-state index in [1.165, 1.54) is 30.3 Å². The fraction of sp³-hybridized carbons (Fsp3) is 0.150. The van der Waals surface area contributed by atoms with Crippen LogP contribution in [0.2, 0.25) is 0 Å². The molecule has 2 N–H and O–H groups in total. The monoisotopic (exact) mass is 445 g/mol. The zero-order valence-corrected chi connectivity index (χ0v) is 16.8. The molecule has 0 aliphatic carbocycles. The maximum atomic E-state index is 12.4. The first-order chi connectivity index (χ1) is 14.7. The number of rotatable bonds is 7. The van der Waals surface area contributed by atoms with Gasteiger partial charge in [-0.25, -0.2) is 9.59 Å². The van der Waals surface area contributed by atoms with Gasteiger partial charge < -0.3 is 19.4 Å². The van der Waals surface area contributed by atoms with Crippen molar-refractivity contribution in [1.82, 2.24) is 4.90 Å². The number of hydrogen-bond donors (Lipinski definition) is 2. The van der Waals surface area contributed by atoms with E-state index in [0.717, 1.165) is 11.0 Å². The van der Waals surface area contributed by atoms with Gasteiger partial charge in [0.05, 0.1) is 22.6 Å². The van der Waals surface area contributed by atoms with Crippen molar-refractivity contribution >= 4 is 46.9 Å². The van der Waals surface area contributed by atoms with Crippen LogP contribution in [0.15, 0.2) is 39.7 Å². The van der Waals surface area contributed by atoms with Gasteiger partial charge in [-0.15, -0.1) is 0 Å². The lowest BCUT2D eigenvalue weighted by Gasteiger charge is -2.10. The van der Waals surface area contributed by atoms with E-state index in [2.05, 4.69) is 0 Å². The number of ether oxygens (including phenoxy) is 1. The van der Waals surface area contributed by atoms with Crippen LogP contribution in [0, 0.1) is 0 Å². The summed E-state index contributed by atoms with van der Waals surface area (Å²) < 4.78 is 10.3. The molecule has 0 saturated carbocycles. The average molecular weight is 445 g/mol. The minimum atomic E-state index is -1.30. The van der Waals surface area contributed by atoms with Gasteiger partial charge in [0, 0.05) is 11.6 Å². The number of amides is 2. The Morgan fingerprint density at radius 3 is 2.32 bits per heavy atom. The highest BCUT2D eigenvalue weighted by Crippen LogP contribution is 2.33. The average Bonchev–Trinajstić information content (AvgIpc) is 3.28. The number of carbonyl (C=O) groups excluding carboxylic acids is 3. The molecule has 160 valence electrons. The number of benzene rings is 1. The zero-order valence-electron chi connectivity index (χ0n) is 16.0. The standard InChI is InChI=1S/C20H15NO9S/c1-2-29-16(22)9-21-17(23)15(31-20(21)28)8-13-3-4-14(30-13)10-5-11(18(24)25)7-12(6-10)19(26)27/h3-8H,2,9H2,1H3,(H,24,25)(H,26,27). The molecule has 1 aromatic heterocycles. The Morgan fingerprint density at radius 2 is 1.74 bits per heavy atom. The van der Waals surface area contributed by atoms with Crippen molar-refractivity contribution in [2.45, 2.75) is 6.92 Å². The molecular weight excluding hydrogens is 430 g/mol. The molecule has 0 bridgehead atoms. The van der Waals surface area contributed by atoms with Gasteiger partial charge in [0.15, 0.2) is 0 Å². The second-order valence-electron chi connectivity index (χ2n) is 6.18. The summed E-state index contributed by atoms with van der Waals surface area (Å²) in [5.74, 6) is -3.64. The van der Waals surface area contributed by atoms with Crippen molar-refractivity contribution in [3.8, 4) is 11.3 Å². The van der Waals surface area contributed by atoms with Crippen molar-refractivity contribution in [1.29, 1.82) is 0 Å². The molecule has 2 amide bonds. The van der Waals surface area contributed by atoms with Crippen molar-refractivity contribution in [3.05, 3.63) is 52.1 Å².